The number of hydrogen-bond acceptors (Lipinski definition) is 4. The minimum Gasteiger partial charge on any atom is -0.352 e. The quantitative estimate of drug-likeness (QED) is 0.801. The summed E-state index contributed by atoms with van der Waals surface area (Å²) in [5.74, 6) is 0.674. The van der Waals surface area contributed by atoms with E-state index in [2.05, 4.69) is 12.2 Å². The summed E-state index contributed by atoms with van der Waals surface area (Å²) >= 11 is 0. The molecule has 0 spiro atoms. The van der Waals surface area contributed by atoms with E-state index < -0.39 is 10.0 Å². The Labute approximate surface area is 163 Å². The molecule has 27 heavy (non-hydrogen) atoms. The summed E-state index contributed by atoms with van der Waals surface area (Å²) in [5.41, 5.74) is 2.66. The van der Waals surface area contributed by atoms with Gasteiger partial charge in [0.25, 0.3) is 0 Å². The number of amides is 1. The number of hydrogen-bond donors (Lipinski definition) is 1. The molecular weight excluding hydrogens is 362 g/mol. The van der Waals surface area contributed by atoms with Crippen molar-refractivity contribution in [3.8, 4) is 0 Å². The smallest absolute Gasteiger partial charge is 0.243 e. The van der Waals surface area contributed by atoms with E-state index in [-0.39, 0.29) is 11.9 Å². The van der Waals surface area contributed by atoms with Crippen LogP contribution in [-0.4, -0.2) is 62.3 Å². The molecule has 6 nitrogen and oxygen atoms in total. The fourth-order valence-electron chi connectivity index (χ4n) is 4.05. The second kappa shape index (κ2) is 7.89. The van der Waals surface area contributed by atoms with E-state index in [0.717, 1.165) is 16.7 Å². The van der Waals surface area contributed by atoms with E-state index in [1.807, 2.05) is 37.8 Å². The lowest BCUT2D eigenvalue weighted by Crippen LogP contribution is -2.51. The van der Waals surface area contributed by atoms with Crippen molar-refractivity contribution in [3.63, 3.8) is 0 Å². The lowest BCUT2D eigenvalue weighted by molar-refractivity contribution is -0.123. The van der Waals surface area contributed by atoms with Gasteiger partial charge in [-0.2, -0.15) is 4.31 Å². The molecule has 2 fully saturated rings. The van der Waals surface area contributed by atoms with Gasteiger partial charge in [-0.25, -0.2) is 8.42 Å². The molecule has 2 aliphatic rings. The van der Waals surface area contributed by atoms with Crippen molar-refractivity contribution >= 4 is 15.9 Å². The number of sulfonamides is 1. The highest BCUT2D eigenvalue weighted by Gasteiger charge is 2.32. The van der Waals surface area contributed by atoms with E-state index in [4.69, 9.17) is 0 Å². The Morgan fingerprint density at radius 1 is 1.11 bits per heavy atom. The van der Waals surface area contributed by atoms with Gasteiger partial charge in [0.15, 0.2) is 0 Å². The third kappa shape index (κ3) is 4.70. The third-order valence-electron chi connectivity index (χ3n) is 5.62. The van der Waals surface area contributed by atoms with Crippen molar-refractivity contribution < 1.29 is 13.2 Å². The molecule has 1 aromatic rings. The van der Waals surface area contributed by atoms with Gasteiger partial charge < -0.3 is 5.32 Å². The van der Waals surface area contributed by atoms with Crippen molar-refractivity contribution in [2.75, 3.05) is 32.7 Å². The van der Waals surface area contributed by atoms with E-state index in [9.17, 15) is 13.2 Å². The maximum atomic E-state index is 13.1. The van der Waals surface area contributed by atoms with Gasteiger partial charge in [0.1, 0.15) is 0 Å². The molecule has 1 aromatic carbocycles. The first-order valence-corrected chi connectivity index (χ1v) is 11.2. The lowest BCUT2D eigenvalue weighted by Gasteiger charge is -2.34. The molecule has 0 aromatic heterocycles. The van der Waals surface area contributed by atoms with Crippen LogP contribution in [0.2, 0.25) is 0 Å². The zero-order valence-corrected chi connectivity index (χ0v) is 17.6. The van der Waals surface area contributed by atoms with Gasteiger partial charge in [-0.3, -0.25) is 9.69 Å². The Hall–Kier alpha value is -1.44. The van der Waals surface area contributed by atoms with E-state index in [0.29, 0.717) is 43.5 Å². The molecule has 1 N–H and O–H groups in total. The van der Waals surface area contributed by atoms with E-state index in [1.165, 1.54) is 12.8 Å². The average molecular weight is 394 g/mol. The van der Waals surface area contributed by atoms with Crippen LogP contribution in [0.1, 0.15) is 36.5 Å². The molecule has 0 radical (unpaired) electrons. The summed E-state index contributed by atoms with van der Waals surface area (Å²) < 4.78 is 27.8. The van der Waals surface area contributed by atoms with Crippen LogP contribution < -0.4 is 5.32 Å². The average Bonchev–Trinajstić information content (AvgIpc) is 3.38. The topological polar surface area (TPSA) is 69.7 Å². The molecular formula is C20H31N3O3S. The highest BCUT2D eigenvalue weighted by molar-refractivity contribution is 7.89. The first kappa shape index (κ1) is 20.3. The first-order valence-electron chi connectivity index (χ1n) is 9.78. The highest BCUT2D eigenvalue weighted by atomic mass is 32.2. The second-order valence-electron chi connectivity index (χ2n) is 8.10. The van der Waals surface area contributed by atoms with Crippen molar-refractivity contribution in [1.82, 2.24) is 14.5 Å². The lowest BCUT2D eigenvalue weighted by atomic mass is 10.1. The molecule has 150 valence electrons. The van der Waals surface area contributed by atoms with Gasteiger partial charge in [-0.1, -0.05) is 17.7 Å². The van der Waals surface area contributed by atoms with Gasteiger partial charge in [-0.15, -0.1) is 0 Å². The minimum absolute atomic E-state index is 0.0379. The Morgan fingerprint density at radius 2 is 1.67 bits per heavy atom. The van der Waals surface area contributed by atoms with E-state index in [1.54, 1.807) is 4.31 Å². The predicted molar refractivity (Wildman–Crippen MR) is 106 cm³/mol. The molecule has 1 aliphatic carbocycles. The number of aryl methyl sites for hydroxylation is 3. The fraction of sp³-hybridized carbons (Fsp3) is 0.650. The van der Waals surface area contributed by atoms with Gasteiger partial charge >= 0.3 is 0 Å². The van der Waals surface area contributed by atoms with Crippen molar-refractivity contribution in [2.45, 2.75) is 51.5 Å². The molecule has 1 atom stereocenters. The fourth-order valence-corrected chi connectivity index (χ4v) is 5.88. The van der Waals surface area contributed by atoms with Crippen LogP contribution in [0.5, 0.6) is 0 Å². The van der Waals surface area contributed by atoms with Gasteiger partial charge in [0.05, 0.1) is 11.4 Å². The number of nitrogens with one attached hydrogen (secondary N) is 1. The molecule has 1 saturated heterocycles. The third-order valence-corrected chi connectivity index (χ3v) is 7.82. The Balaban J connectivity index is 1.59. The maximum absolute atomic E-state index is 13.1. The zero-order chi connectivity index (χ0) is 19.8. The van der Waals surface area contributed by atoms with Crippen LogP contribution in [0, 0.1) is 26.7 Å². The number of carbonyl (C=O) groups is 1. The summed E-state index contributed by atoms with van der Waals surface area (Å²) in [6.45, 7) is 10.1. The molecule has 0 bridgehead atoms. The van der Waals surface area contributed by atoms with Crippen molar-refractivity contribution in [1.29, 1.82) is 0 Å². The summed E-state index contributed by atoms with van der Waals surface area (Å²) in [5, 5.41) is 3.06. The molecule has 1 heterocycles. The molecule has 3 rings (SSSR count). The minimum atomic E-state index is -3.51. The monoisotopic (exact) mass is 393 g/mol. The van der Waals surface area contributed by atoms with Crippen LogP contribution in [-0.2, 0) is 14.8 Å². The maximum Gasteiger partial charge on any atom is 0.243 e. The molecule has 1 amide bonds. The first-order chi connectivity index (χ1) is 12.7. The van der Waals surface area contributed by atoms with Crippen molar-refractivity contribution in [2.24, 2.45) is 5.92 Å². The number of rotatable bonds is 6. The zero-order valence-electron chi connectivity index (χ0n) is 16.8. The normalized spacial score (nSPS) is 20.4. The Morgan fingerprint density at radius 3 is 2.19 bits per heavy atom. The Bertz CT molecular complexity index is 787. The standard InChI is InChI=1S/C20H31N3O3S/c1-14-11-15(2)20(16(3)12-14)27(25,26)23-9-7-22(8-10-23)13-19(24)21-17(4)18-5-6-18/h11-12,17-18H,5-10,13H2,1-4H3,(H,21,24)/t17-/m1/s1. The number of piperazine rings is 1. The largest absolute Gasteiger partial charge is 0.352 e. The van der Waals surface area contributed by atoms with Crippen LogP contribution in [0.25, 0.3) is 0 Å². The molecule has 1 saturated carbocycles. The van der Waals surface area contributed by atoms with Gasteiger partial charge in [0, 0.05) is 32.2 Å². The summed E-state index contributed by atoms with van der Waals surface area (Å²) in [6, 6.07) is 4.08. The van der Waals surface area contributed by atoms with Gasteiger partial charge in [-0.05, 0) is 57.6 Å². The predicted octanol–water partition coefficient (Wildman–Crippen LogP) is 1.83. The van der Waals surface area contributed by atoms with Crippen LogP contribution in [0.4, 0.5) is 0 Å². The molecule has 0 unspecified atom stereocenters. The van der Waals surface area contributed by atoms with E-state index >= 15 is 0 Å². The second-order valence-corrected chi connectivity index (χ2v) is 9.98. The molecule has 7 heteroatoms. The number of nitrogens with zero attached hydrogens (tertiary/aromatic N) is 2. The Kier molecular flexibility index (Phi) is 5.93. The highest BCUT2D eigenvalue weighted by Crippen LogP contribution is 2.32. The van der Waals surface area contributed by atoms with Gasteiger partial charge in [0.2, 0.25) is 15.9 Å². The van der Waals surface area contributed by atoms with Crippen LogP contribution in [0.15, 0.2) is 17.0 Å². The molecule has 1 aliphatic heterocycles. The van der Waals surface area contributed by atoms with Crippen molar-refractivity contribution in [3.05, 3.63) is 28.8 Å². The number of benzene rings is 1. The summed E-state index contributed by atoms with van der Waals surface area (Å²) in [6.07, 6.45) is 2.41. The SMILES string of the molecule is Cc1cc(C)c(S(=O)(=O)N2CCN(CC(=O)N[C@H](C)C3CC3)CC2)c(C)c1. The summed E-state index contributed by atoms with van der Waals surface area (Å²) in [7, 11) is -3.51. The number of carbonyl (C=O) groups excluding carboxylic acids is 1. The summed E-state index contributed by atoms with van der Waals surface area (Å²) in [4.78, 5) is 14.7. The van der Waals surface area contributed by atoms with Crippen LogP contribution in [0.3, 0.4) is 0 Å². The van der Waals surface area contributed by atoms with Crippen LogP contribution >= 0.6 is 0 Å².